The summed E-state index contributed by atoms with van der Waals surface area (Å²) in [6, 6.07) is 8.52. The second-order valence-corrected chi connectivity index (χ2v) is 6.95. The highest BCUT2D eigenvalue weighted by molar-refractivity contribution is 14.0. The number of aromatic nitrogens is 2. The number of hydrogen-bond donors (Lipinski definition) is 2. The molecule has 0 aliphatic carbocycles. The number of aliphatic imine (C=N–C) groups is 1. The average molecular weight is 498 g/mol. The number of aryl methyl sites for hydroxylation is 2. The van der Waals surface area contributed by atoms with Crippen LogP contribution in [0.3, 0.4) is 0 Å². The summed E-state index contributed by atoms with van der Waals surface area (Å²) >= 11 is 0. The minimum absolute atomic E-state index is 0. The van der Waals surface area contributed by atoms with Gasteiger partial charge in [-0.05, 0) is 32.4 Å². The number of methoxy groups -OCH3 is 1. The van der Waals surface area contributed by atoms with Gasteiger partial charge in [-0.2, -0.15) is 5.10 Å². The minimum atomic E-state index is 0. The van der Waals surface area contributed by atoms with E-state index in [1.54, 1.807) is 7.11 Å². The van der Waals surface area contributed by atoms with Crippen molar-refractivity contribution in [2.45, 2.75) is 32.9 Å². The molecule has 0 radical (unpaired) electrons. The Balaban J connectivity index is 0.00000280. The summed E-state index contributed by atoms with van der Waals surface area (Å²) in [5.41, 5.74) is 4.61. The van der Waals surface area contributed by atoms with Crippen molar-refractivity contribution in [2.24, 2.45) is 12.0 Å². The molecule has 28 heavy (non-hydrogen) atoms. The standard InChI is InChI=1S/C20H30N6O.HI/c1-14-17(15(2)25(4)24-14)12-22-20(21-3)23-16-10-11-26(13-16)18-8-6-7-9-19(18)27-5;/h6-9,16H,10-13H2,1-5H3,(H2,21,22,23);1H. The van der Waals surface area contributed by atoms with Crippen molar-refractivity contribution in [3.05, 3.63) is 41.2 Å². The Morgan fingerprint density at radius 2 is 2.07 bits per heavy atom. The van der Waals surface area contributed by atoms with E-state index < -0.39 is 0 Å². The molecule has 7 nitrogen and oxygen atoms in total. The lowest BCUT2D eigenvalue weighted by atomic mass is 10.2. The highest BCUT2D eigenvalue weighted by Gasteiger charge is 2.25. The van der Waals surface area contributed by atoms with Gasteiger partial charge in [0.2, 0.25) is 0 Å². The molecule has 1 aliphatic heterocycles. The molecular formula is C20H31IN6O. The Kier molecular flexibility index (Phi) is 7.97. The fourth-order valence-electron chi connectivity index (χ4n) is 3.62. The summed E-state index contributed by atoms with van der Waals surface area (Å²) in [4.78, 5) is 6.75. The van der Waals surface area contributed by atoms with E-state index in [1.165, 1.54) is 11.3 Å². The zero-order chi connectivity index (χ0) is 19.4. The van der Waals surface area contributed by atoms with Crippen LogP contribution >= 0.6 is 24.0 Å². The predicted octanol–water partition coefficient (Wildman–Crippen LogP) is 2.61. The van der Waals surface area contributed by atoms with E-state index in [2.05, 4.69) is 44.7 Å². The van der Waals surface area contributed by atoms with E-state index in [9.17, 15) is 0 Å². The third kappa shape index (κ3) is 4.89. The highest BCUT2D eigenvalue weighted by Crippen LogP contribution is 2.30. The second kappa shape index (κ2) is 9.99. The molecular weight excluding hydrogens is 467 g/mol. The number of halogens is 1. The smallest absolute Gasteiger partial charge is 0.191 e. The molecule has 1 aliphatic rings. The number of nitrogens with zero attached hydrogens (tertiary/aromatic N) is 4. The van der Waals surface area contributed by atoms with E-state index in [4.69, 9.17) is 4.74 Å². The summed E-state index contributed by atoms with van der Waals surface area (Å²) in [6.45, 7) is 6.77. The van der Waals surface area contributed by atoms with Crippen LogP contribution in [0.2, 0.25) is 0 Å². The van der Waals surface area contributed by atoms with Crippen molar-refractivity contribution in [1.29, 1.82) is 0 Å². The molecule has 0 amide bonds. The van der Waals surface area contributed by atoms with Crippen molar-refractivity contribution in [1.82, 2.24) is 20.4 Å². The van der Waals surface area contributed by atoms with E-state index >= 15 is 0 Å². The molecule has 1 saturated heterocycles. The SMILES string of the molecule is CN=C(NCc1c(C)nn(C)c1C)NC1CCN(c2ccccc2OC)C1.I. The number of nitrogens with one attached hydrogen (secondary N) is 2. The highest BCUT2D eigenvalue weighted by atomic mass is 127. The fraction of sp³-hybridized carbons (Fsp3) is 0.500. The molecule has 1 fully saturated rings. The molecule has 154 valence electrons. The van der Waals surface area contributed by atoms with Crippen LogP contribution in [0, 0.1) is 13.8 Å². The van der Waals surface area contributed by atoms with E-state index in [0.29, 0.717) is 12.6 Å². The largest absolute Gasteiger partial charge is 0.495 e. The van der Waals surface area contributed by atoms with Gasteiger partial charge in [-0.1, -0.05) is 12.1 Å². The number of guanidine groups is 1. The lowest BCUT2D eigenvalue weighted by Gasteiger charge is -2.22. The first-order valence-electron chi connectivity index (χ1n) is 9.37. The van der Waals surface area contributed by atoms with Gasteiger partial charge in [0.1, 0.15) is 5.75 Å². The van der Waals surface area contributed by atoms with Crippen molar-refractivity contribution in [3.8, 4) is 5.75 Å². The quantitative estimate of drug-likeness (QED) is 0.377. The number of anilines is 1. The average Bonchev–Trinajstić information content (AvgIpc) is 3.23. The van der Waals surface area contributed by atoms with Gasteiger partial charge in [-0.3, -0.25) is 9.67 Å². The molecule has 2 aromatic rings. The Hall–Kier alpha value is -1.97. The zero-order valence-electron chi connectivity index (χ0n) is 17.3. The fourth-order valence-corrected chi connectivity index (χ4v) is 3.62. The first kappa shape index (κ1) is 22.3. The summed E-state index contributed by atoms with van der Waals surface area (Å²) in [5, 5.41) is 11.5. The number of ether oxygens (including phenoxy) is 1. The Labute approximate surface area is 184 Å². The van der Waals surface area contributed by atoms with Crippen molar-refractivity contribution in [3.63, 3.8) is 0 Å². The Morgan fingerprint density at radius 3 is 2.71 bits per heavy atom. The molecule has 2 N–H and O–H groups in total. The molecule has 1 aromatic carbocycles. The summed E-state index contributed by atoms with van der Waals surface area (Å²) in [5.74, 6) is 1.74. The summed E-state index contributed by atoms with van der Waals surface area (Å²) < 4.78 is 7.42. The van der Waals surface area contributed by atoms with E-state index in [0.717, 1.165) is 42.6 Å². The normalized spacial score (nSPS) is 16.7. The number of para-hydroxylation sites is 2. The van der Waals surface area contributed by atoms with E-state index in [1.807, 2.05) is 37.8 Å². The van der Waals surface area contributed by atoms with Crippen LogP contribution in [-0.2, 0) is 13.6 Å². The van der Waals surface area contributed by atoms with Gasteiger partial charge < -0.3 is 20.3 Å². The Morgan fingerprint density at radius 1 is 1.32 bits per heavy atom. The third-order valence-electron chi connectivity index (χ3n) is 5.27. The van der Waals surface area contributed by atoms with Crippen LogP contribution in [0.1, 0.15) is 23.4 Å². The molecule has 0 saturated carbocycles. The molecule has 0 bridgehead atoms. The molecule has 2 heterocycles. The molecule has 1 atom stereocenters. The van der Waals surface area contributed by atoms with Gasteiger partial charge in [0, 0.05) is 51.0 Å². The minimum Gasteiger partial charge on any atom is -0.495 e. The van der Waals surface area contributed by atoms with E-state index in [-0.39, 0.29) is 24.0 Å². The van der Waals surface area contributed by atoms with Gasteiger partial charge in [0.25, 0.3) is 0 Å². The van der Waals surface area contributed by atoms with Gasteiger partial charge in [0.15, 0.2) is 5.96 Å². The van der Waals surface area contributed by atoms with Gasteiger partial charge in [0.05, 0.1) is 18.5 Å². The number of benzene rings is 1. The predicted molar refractivity (Wildman–Crippen MR) is 125 cm³/mol. The number of rotatable bonds is 5. The van der Waals surface area contributed by atoms with Crippen LogP contribution in [0.5, 0.6) is 5.75 Å². The third-order valence-corrected chi connectivity index (χ3v) is 5.27. The van der Waals surface area contributed by atoms with Crippen LogP contribution in [-0.4, -0.2) is 49.0 Å². The van der Waals surface area contributed by atoms with Crippen molar-refractivity contribution in [2.75, 3.05) is 32.1 Å². The molecule has 1 unspecified atom stereocenters. The van der Waals surface area contributed by atoms with Crippen molar-refractivity contribution < 1.29 is 4.74 Å². The first-order valence-corrected chi connectivity index (χ1v) is 9.37. The van der Waals surface area contributed by atoms with Crippen molar-refractivity contribution >= 4 is 35.6 Å². The zero-order valence-corrected chi connectivity index (χ0v) is 19.7. The molecule has 8 heteroatoms. The Bertz CT molecular complexity index is 819. The second-order valence-electron chi connectivity index (χ2n) is 6.95. The van der Waals surface area contributed by atoms with Crippen LogP contribution in [0.4, 0.5) is 5.69 Å². The first-order chi connectivity index (χ1) is 13.0. The van der Waals surface area contributed by atoms with Crippen LogP contribution in [0.15, 0.2) is 29.3 Å². The molecule has 0 spiro atoms. The lowest BCUT2D eigenvalue weighted by molar-refractivity contribution is 0.415. The summed E-state index contributed by atoms with van der Waals surface area (Å²) in [6.07, 6.45) is 1.06. The number of hydrogen-bond acceptors (Lipinski definition) is 4. The molecule has 1 aromatic heterocycles. The lowest BCUT2D eigenvalue weighted by Crippen LogP contribution is -2.44. The molecule has 3 rings (SSSR count). The summed E-state index contributed by atoms with van der Waals surface area (Å²) in [7, 11) is 5.51. The van der Waals surface area contributed by atoms with Gasteiger partial charge in [-0.15, -0.1) is 24.0 Å². The van der Waals surface area contributed by atoms with Gasteiger partial charge in [-0.25, -0.2) is 0 Å². The topological polar surface area (TPSA) is 66.7 Å². The monoisotopic (exact) mass is 498 g/mol. The van der Waals surface area contributed by atoms with Crippen LogP contribution in [0.25, 0.3) is 0 Å². The maximum absolute atomic E-state index is 5.50. The van der Waals surface area contributed by atoms with Gasteiger partial charge >= 0.3 is 0 Å². The van der Waals surface area contributed by atoms with Crippen LogP contribution < -0.4 is 20.3 Å². The maximum atomic E-state index is 5.50. The maximum Gasteiger partial charge on any atom is 0.191 e.